The van der Waals surface area contributed by atoms with Gasteiger partial charge in [-0.3, -0.25) is 0 Å². The van der Waals surface area contributed by atoms with Gasteiger partial charge in [-0.1, -0.05) is 23.7 Å². The first-order chi connectivity index (χ1) is 16.3. The number of carbonyl (C=O) groups excluding carboxylic acids is 1. The van der Waals surface area contributed by atoms with E-state index in [1.165, 1.54) is 36.4 Å². The highest BCUT2D eigenvalue weighted by molar-refractivity contribution is 7.91. The van der Waals surface area contributed by atoms with E-state index in [0.29, 0.717) is 36.0 Å². The van der Waals surface area contributed by atoms with E-state index in [1.54, 1.807) is 43.3 Å². The van der Waals surface area contributed by atoms with E-state index in [9.17, 15) is 18.3 Å². The van der Waals surface area contributed by atoms with Crippen molar-refractivity contribution in [1.29, 1.82) is 0 Å². The molecule has 1 atom stereocenters. The Morgan fingerprint density at radius 2 is 1.68 bits per heavy atom. The molecule has 0 amide bonds. The molecule has 7 nitrogen and oxygen atoms in total. The van der Waals surface area contributed by atoms with Crippen molar-refractivity contribution >= 4 is 27.4 Å². The number of carbonyl (C=O) groups is 1. The van der Waals surface area contributed by atoms with Crippen LogP contribution >= 0.6 is 11.6 Å². The number of nitrogens with one attached hydrogen (secondary N) is 1. The zero-order valence-corrected chi connectivity index (χ0v) is 20.2. The van der Waals surface area contributed by atoms with Gasteiger partial charge in [0.15, 0.2) is 0 Å². The number of esters is 1. The summed E-state index contributed by atoms with van der Waals surface area (Å²) in [6, 6.07) is 18.8. The highest BCUT2D eigenvalue weighted by Crippen LogP contribution is 2.24. The number of aliphatic hydroxyl groups excluding tert-OH is 1. The minimum Gasteiger partial charge on any atom is -0.492 e. The van der Waals surface area contributed by atoms with E-state index < -0.39 is 21.9 Å². The van der Waals surface area contributed by atoms with Crippen molar-refractivity contribution in [1.82, 2.24) is 5.32 Å². The quantitative estimate of drug-likeness (QED) is 0.300. The zero-order valence-electron chi connectivity index (χ0n) is 18.6. The fourth-order valence-electron chi connectivity index (χ4n) is 3.15. The van der Waals surface area contributed by atoms with E-state index >= 15 is 0 Å². The third kappa shape index (κ3) is 6.80. The van der Waals surface area contributed by atoms with Crippen molar-refractivity contribution in [2.24, 2.45) is 0 Å². The molecule has 0 aromatic heterocycles. The molecular weight excluding hydrogens is 478 g/mol. The first-order valence-corrected chi connectivity index (χ1v) is 12.6. The normalized spacial score (nSPS) is 12.2. The molecule has 9 heteroatoms. The number of rotatable bonds is 11. The van der Waals surface area contributed by atoms with Crippen LogP contribution in [0.15, 0.2) is 82.6 Å². The third-order valence-electron chi connectivity index (χ3n) is 4.93. The Bertz CT molecular complexity index is 1200. The average Bonchev–Trinajstić information content (AvgIpc) is 2.84. The van der Waals surface area contributed by atoms with Crippen molar-refractivity contribution in [3.8, 4) is 5.75 Å². The molecule has 0 aliphatic carbocycles. The van der Waals surface area contributed by atoms with Gasteiger partial charge >= 0.3 is 5.97 Å². The highest BCUT2D eigenvalue weighted by Gasteiger charge is 2.18. The van der Waals surface area contributed by atoms with Gasteiger partial charge in [-0.05, 0) is 73.2 Å². The van der Waals surface area contributed by atoms with Crippen LogP contribution in [0.3, 0.4) is 0 Å². The molecule has 2 N–H and O–H groups in total. The molecule has 0 aliphatic rings. The topological polar surface area (TPSA) is 102 Å². The average molecular weight is 504 g/mol. The molecular formula is C25H26ClNO6S. The van der Waals surface area contributed by atoms with Gasteiger partial charge in [-0.15, -0.1) is 0 Å². The van der Waals surface area contributed by atoms with E-state index in [2.05, 4.69) is 5.32 Å². The lowest BCUT2D eigenvalue weighted by molar-refractivity contribution is 0.0526. The van der Waals surface area contributed by atoms with Crippen molar-refractivity contribution in [3.05, 3.63) is 88.9 Å². The number of benzene rings is 3. The van der Waals surface area contributed by atoms with Crippen LogP contribution in [-0.4, -0.2) is 45.8 Å². The van der Waals surface area contributed by atoms with Gasteiger partial charge in [0.1, 0.15) is 12.4 Å². The molecule has 0 bridgehead atoms. The SMILES string of the molecule is CCOC(=O)c1ccc(S(=O)(=O)c2ccc(OCCNC[C@H](O)c3cccc(Cl)c3)cc2)cc1. The largest absolute Gasteiger partial charge is 0.492 e. The van der Waals surface area contributed by atoms with Crippen LogP contribution in [0.2, 0.25) is 5.02 Å². The van der Waals surface area contributed by atoms with Crippen LogP contribution in [0.4, 0.5) is 0 Å². The minimum absolute atomic E-state index is 0.0803. The second-order valence-electron chi connectivity index (χ2n) is 7.34. The Hall–Kier alpha value is -2.91. The molecule has 0 spiro atoms. The molecule has 3 aromatic carbocycles. The molecule has 0 radical (unpaired) electrons. The maximum absolute atomic E-state index is 12.9. The molecule has 34 heavy (non-hydrogen) atoms. The standard InChI is InChI=1S/C25H26ClNO6S/c1-2-32-25(29)18-6-10-22(11-7-18)34(30,31)23-12-8-21(9-13-23)33-15-14-27-17-24(28)19-4-3-5-20(26)16-19/h3-13,16,24,27-28H,2,14-15,17H2,1H3/t24-/m0/s1. The predicted octanol–water partition coefficient (Wildman–Crippen LogP) is 4.05. The lowest BCUT2D eigenvalue weighted by Gasteiger charge is -2.13. The van der Waals surface area contributed by atoms with Crippen LogP contribution in [0, 0.1) is 0 Å². The van der Waals surface area contributed by atoms with Gasteiger partial charge in [-0.25, -0.2) is 13.2 Å². The van der Waals surface area contributed by atoms with Crippen molar-refractivity contribution in [3.63, 3.8) is 0 Å². The van der Waals surface area contributed by atoms with Gasteiger partial charge in [0.25, 0.3) is 0 Å². The van der Waals surface area contributed by atoms with Crippen LogP contribution in [0.1, 0.15) is 28.9 Å². The van der Waals surface area contributed by atoms with Crippen LogP contribution in [-0.2, 0) is 14.6 Å². The van der Waals surface area contributed by atoms with Gasteiger partial charge in [0.2, 0.25) is 9.84 Å². The fraction of sp³-hybridized carbons (Fsp3) is 0.240. The number of ether oxygens (including phenoxy) is 2. The molecule has 180 valence electrons. The van der Waals surface area contributed by atoms with Crippen LogP contribution < -0.4 is 10.1 Å². The monoisotopic (exact) mass is 503 g/mol. The molecule has 0 aliphatic heterocycles. The maximum Gasteiger partial charge on any atom is 0.338 e. The number of halogens is 1. The number of hydrogen-bond donors (Lipinski definition) is 2. The smallest absolute Gasteiger partial charge is 0.338 e. The minimum atomic E-state index is -3.74. The first-order valence-electron chi connectivity index (χ1n) is 10.7. The Labute approximate surface area is 204 Å². The zero-order chi connectivity index (χ0) is 24.6. The Balaban J connectivity index is 1.50. The van der Waals surface area contributed by atoms with Gasteiger partial charge in [-0.2, -0.15) is 0 Å². The molecule has 3 aromatic rings. The lowest BCUT2D eigenvalue weighted by Crippen LogP contribution is -2.26. The highest BCUT2D eigenvalue weighted by atomic mass is 35.5. The number of sulfone groups is 1. The molecule has 0 unspecified atom stereocenters. The second-order valence-corrected chi connectivity index (χ2v) is 9.73. The van der Waals surface area contributed by atoms with Crippen LogP contribution in [0.5, 0.6) is 5.75 Å². The van der Waals surface area contributed by atoms with Crippen LogP contribution in [0.25, 0.3) is 0 Å². The summed E-state index contributed by atoms with van der Waals surface area (Å²) >= 11 is 5.94. The summed E-state index contributed by atoms with van der Waals surface area (Å²) in [4.78, 5) is 11.9. The Morgan fingerprint density at radius 3 is 2.29 bits per heavy atom. The Morgan fingerprint density at radius 1 is 1.03 bits per heavy atom. The van der Waals surface area contributed by atoms with E-state index in [-0.39, 0.29) is 16.4 Å². The van der Waals surface area contributed by atoms with Gasteiger partial charge in [0.05, 0.1) is 28.1 Å². The molecule has 0 saturated heterocycles. The summed E-state index contributed by atoms with van der Waals surface area (Å²) in [7, 11) is -3.74. The van der Waals surface area contributed by atoms with E-state index in [1.807, 2.05) is 0 Å². The van der Waals surface area contributed by atoms with E-state index in [0.717, 1.165) is 5.56 Å². The number of aliphatic hydroxyl groups is 1. The van der Waals surface area contributed by atoms with Gasteiger partial charge < -0.3 is 19.9 Å². The van der Waals surface area contributed by atoms with Crippen molar-refractivity contribution in [2.45, 2.75) is 22.8 Å². The maximum atomic E-state index is 12.9. The van der Waals surface area contributed by atoms with E-state index in [4.69, 9.17) is 21.1 Å². The summed E-state index contributed by atoms with van der Waals surface area (Å²) in [6.45, 7) is 3.12. The molecule has 3 rings (SSSR count). The molecule has 0 saturated carbocycles. The van der Waals surface area contributed by atoms with Crippen molar-refractivity contribution < 1.29 is 27.8 Å². The fourth-order valence-corrected chi connectivity index (χ4v) is 4.61. The Kier molecular flexibility index (Phi) is 9.06. The molecule has 0 heterocycles. The second kappa shape index (κ2) is 12.0. The summed E-state index contributed by atoms with van der Waals surface area (Å²) in [5, 5.41) is 13.9. The summed E-state index contributed by atoms with van der Waals surface area (Å²) in [6.07, 6.45) is -0.686. The number of hydrogen-bond acceptors (Lipinski definition) is 7. The summed E-state index contributed by atoms with van der Waals surface area (Å²) in [5.41, 5.74) is 1.02. The molecule has 0 fully saturated rings. The summed E-state index contributed by atoms with van der Waals surface area (Å²) < 4.78 is 36.3. The predicted molar refractivity (Wildman–Crippen MR) is 129 cm³/mol. The van der Waals surface area contributed by atoms with Gasteiger partial charge in [0, 0.05) is 18.1 Å². The third-order valence-corrected chi connectivity index (χ3v) is 6.95. The lowest BCUT2D eigenvalue weighted by atomic mass is 10.1. The summed E-state index contributed by atoms with van der Waals surface area (Å²) in [5.74, 6) is 0.0233. The first kappa shape index (κ1) is 25.7. The van der Waals surface area contributed by atoms with Crippen molar-refractivity contribution in [2.75, 3.05) is 26.3 Å².